The molecule has 0 radical (unpaired) electrons. The number of sulfonamides is 1. The highest BCUT2D eigenvalue weighted by Crippen LogP contribution is 2.34. The lowest BCUT2D eigenvalue weighted by molar-refractivity contribution is -0.127. The molecule has 7 nitrogen and oxygen atoms in total. The normalized spacial score (nSPS) is 17.3. The Labute approximate surface area is 143 Å². The van der Waals surface area contributed by atoms with E-state index in [1.54, 1.807) is 24.3 Å². The summed E-state index contributed by atoms with van der Waals surface area (Å²) in [7, 11) is -3.49. The van der Waals surface area contributed by atoms with Crippen molar-refractivity contribution < 1.29 is 22.7 Å². The first-order chi connectivity index (χ1) is 11.3. The topological polar surface area (TPSA) is 84.9 Å². The Morgan fingerprint density at radius 3 is 2.79 bits per heavy atom. The molecule has 0 aromatic heterocycles. The van der Waals surface area contributed by atoms with Gasteiger partial charge in [-0.2, -0.15) is 0 Å². The summed E-state index contributed by atoms with van der Waals surface area (Å²) < 4.78 is 36.3. The van der Waals surface area contributed by atoms with Crippen LogP contribution in [0.5, 0.6) is 5.75 Å². The van der Waals surface area contributed by atoms with Gasteiger partial charge in [-0.15, -0.1) is 0 Å². The Kier molecular flexibility index (Phi) is 6.06. The van der Waals surface area contributed by atoms with E-state index in [4.69, 9.17) is 9.47 Å². The molecular weight excluding hydrogens is 332 g/mol. The zero-order valence-corrected chi connectivity index (χ0v) is 15.0. The number of benzene rings is 1. The Bertz CT molecular complexity index is 675. The van der Waals surface area contributed by atoms with Crippen molar-refractivity contribution in [2.75, 3.05) is 30.3 Å². The van der Waals surface area contributed by atoms with Crippen LogP contribution in [0.4, 0.5) is 5.69 Å². The molecule has 1 N–H and O–H groups in total. The van der Waals surface area contributed by atoms with Crippen molar-refractivity contribution in [1.82, 2.24) is 5.32 Å². The molecule has 1 aliphatic heterocycles. The van der Waals surface area contributed by atoms with Crippen molar-refractivity contribution in [2.24, 2.45) is 0 Å². The van der Waals surface area contributed by atoms with Crippen LogP contribution in [-0.2, 0) is 19.6 Å². The smallest absolute Gasteiger partial charge is 0.263 e. The number of hydrogen-bond donors (Lipinski definition) is 1. The second-order valence-corrected chi connectivity index (χ2v) is 7.84. The highest BCUT2D eigenvalue weighted by atomic mass is 32.2. The molecule has 24 heavy (non-hydrogen) atoms. The number of anilines is 1. The lowest BCUT2D eigenvalue weighted by atomic mass is 10.2. The maximum atomic E-state index is 12.3. The third-order valence-corrected chi connectivity index (χ3v) is 4.65. The van der Waals surface area contributed by atoms with Gasteiger partial charge >= 0.3 is 0 Å². The summed E-state index contributed by atoms with van der Waals surface area (Å²) in [6.07, 6.45) is 1.08. The SMILES string of the molecule is CC(C)OCCCNC(=O)[C@H]1CN(S(C)(=O)=O)c2ccccc2O1. The molecule has 0 saturated heterocycles. The summed E-state index contributed by atoms with van der Waals surface area (Å²) in [6.45, 7) is 4.87. The number of para-hydroxylation sites is 2. The molecule has 0 spiro atoms. The van der Waals surface area contributed by atoms with Crippen molar-refractivity contribution >= 4 is 21.6 Å². The molecule has 0 saturated carbocycles. The average Bonchev–Trinajstić information content (AvgIpc) is 2.52. The number of hydrogen-bond acceptors (Lipinski definition) is 5. The molecule has 8 heteroatoms. The molecule has 2 rings (SSSR count). The molecule has 134 valence electrons. The summed E-state index contributed by atoms with van der Waals surface area (Å²) in [5.74, 6) is 0.0557. The van der Waals surface area contributed by atoms with Gasteiger partial charge in [-0.1, -0.05) is 12.1 Å². The van der Waals surface area contributed by atoms with Crippen molar-refractivity contribution in [1.29, 1.82) is 0 Å². The third-order valence-electron chi connectivity index (χ3n) is 3.50. The molecule has 1 aromatic carbocycles. The predicted molar refractivity (Wildman–Crippen MR) is 91.8 cm³/mol. The lowest BCUT2D eigenvalue weighted by Gasteiger charge is -2.33. The standard InChI is InChI=1S/C16H24N2O5S/c1-12(2)22-10-6-9-17-16(19)15-11-18(24(3,20)21)13-7-4-5-8-14(13)23-15/h4-5,7-8,12,15H,6,9-11H2,1-3H3,(H,17,19)/t15-/m1/s1. The van der Waals surface area contributed by atoms with E-state index in [9.17, 15) is 13.2 Å². The van der Waals surface area contributed by atoms with E-state index in [0.717, 1.165) is 6.26 Å². The Hall–Kier alpha value is -1.80. The Morgan fingerprint density at radius 2 is 2.12 bits per heavy atom. The molecule has 0 unspecified atom stereocenters. The zero-order chi connectivity index (χ0) is 17.7. The van der Waals surface area contributed by atoms with Gasteiger partial charge in [-0.05, 0) is 32.4 Å². The highest BCUT2D eigenvalue weighted by molar-refractivity contribution is 7.92. The summed E-state index contributed by atoms with van der Waals surface area (Å²) in [4.78, 5) is 12.3. The highest BCUT2D eigenvalue weighted by Gasteiger charge is 2.34. The molecule has 1 aliphatic rings. The summed E-state index contributed by atoms with van der Waals surface area (Å²) >= 11 is 0. The average molecular weight is 356 g/mol. The van der Waals surface area contributed by atoms with E-state index in [1.165, 1.54) is 4.31 Å². The number of ether oxygens (including phenoxy) is 2. The van der Waals surface area contributed by atoms with E-state index >= 15 is 0 Å². The van der Waals surface area contributed by atoms with Crippen molar-refractivity contribution in [2.45, 2.75) is 32.5 Å². The van der Waals surface area contributed by atoms with Crippen LogP contribution in [0, 0.1) is 0 Å². The minimum absolute atomic E-state index is 0.0375. The van der Waals surface area contributed by atoms with Crippen LogP contribution in [0.2, 0.25) is 0 Å². The van der Waals surface area contributed by atoms with Crippen molar-refractivity contribution in [3.8, 4) is 5.75 Å². The quantitative estimate of drug-likeness (QED) is 0.741. The molecule has 1 aromatic rings. The van der Waals surface area contributed by atoms with Gasteiger partial charge in [0.05, 0.1) is 24.6 Å². The fraction of sp³-hybridized carbons (Fsp3) is 0.562. The number of nitrogens with zero attached hydrogens (tertiary/aromatic N) is 1. The maximum Gasteiger partial charge on any atom is 0.263 e. The molecular formula is C16H24N2O5S. The fourth-order valence-electron chi connectivity index (χ4n) is 2.37. The maximum absolute atomic E-state index is 12.3. The van der Waals surface area contributed by atoms with Crippen LogP contribution in [0.1, 0.15) is 20.3 Å². The summed E-state index contributed by atoms with van der Waals surface area (Å²) in [6, 6.07) is 6.79. The van der Waals surface area contributed by atoms with Gasteiger partial charge in [-0.25, -0.2) is 8.42 Å². The lowest BCUT2D eigenvalue weighted by Crippen LogP contribution is -2.50. The molecule has 1 amide bonds. The Morgan fingerprint density at radius 1 is 1.42 bits per heavy atom. The number of carbonyl (C=O) groups is 1. The van der Waals surface area contributed by atoms with Gasteiger partial charge in [0, 0.05) is 13.2 Å². The number of carbonyl (C=O) groups excluding carboxylic acids is 1. The van der Waals surface area contributed by atoms with Gasteiger partial charge in [0.15, 0.2) is 6.10 Å². The van der Waals surface area contributed by atoms with Gasteiger partial charge in [0.2, 0.25) is 10.0 Å². The molecule has 0 aliphatic carbocycles. The minimum Gasteiger partial charge on any atom is -0.476 e. The number of amides is 1. The molecule has 1 atom stereocenters. The number of fused-ring (bicyclic) bond motifs is 1. The number of rotatable bonds is 7. The van der Waals surface area contributed by atoms with Crippen LogP contribution in [-0.4, -0.2) is 52.5 Å². The monoisotopic (exact) mass is 356 g/mol. The van der Waals surface area contributed by atoms with Crippen molar-refractivity contribution in [3.05, 3.63) is 24.3 Å². The molecule has 1 heterocycles. The molecule has 0 fully saturated rings. The van der Waals surface area contributed by atoms with Gasteiger partial charge in [-0.3, -0.25) is 9.10 Å². The first kappa shape index (κ1) is 18.5. The van der Waals surface area contributed by atoms with Crippen molar-refractivity contribution in [3.63, 3.8) is 0 Å². The summed E-state index contributed by atoms with van der Waals surface area (Å²) in [5.41, 5.74) is 0.453. The van der Waals surface area contributed by atoms with Crippen LogP contribution in [0.25, 0.3) is 0 Å². The van der Waals surface area contributed by atoms with Gasteiger partial charge in [0.25, 0.3) is 5.91 Å². The van der Waals surface area contributed by atoms with Gasteiger partial charge in [0.1, 0.15) is 5.75 Å². The second kappa shape index (κ2) is 7.85. The second-order valence-electron chi connectivity index (χ2n) is 5.93. The third kappa shape index (κ3) is 4.85. The largest absolute Gasteiger partial charge is 0.476 e. The Balaban J connectivity index is 1.98. The first-order valence-electron chi connectivity index (χ1n) is 7.91. The van der Waals surface area contributed by atoms with E-state index in [2.05, 4.69) is 5.32 Å². The van der Waals surface area contributed by atoms with Crippen LogP contribution >= 0.6 is 0 Å². The molecule has 0 bridgehead atoms. The van der Waals surface area contributed by atoms with E-state index in [-0.39, 0.29) is 18.6 Å². The minimum atomic E-state index is -3.49. The summed E-state index contributed by atoms with van der Waals surface area (Å²) in [5, 5.41) is 2.76. The van der Waals surface area contributed by atoms with Crippen LogP contribution < -0.4 is 14.4 Å². The van der Waals surface area contributed by atoms with E-state index in [1.807, 2.05) is 13.8 Å². The zero-order valence-electron chi connectivity index (χ0n) is 14.2. The van der Waals surface area contributed by atoms with Gasteiger partial charge < -0.3 is 14.8 Å². The first-order valence-corrected chi connectivity index (χ1v) is 9.76. The van der Waals surface area contributed by atoms with Crippen LogP contribution in [0.3, 0.4) is 0 Å². The fourth-order valence-corrected chi connectivity index (χ4v) is 3.28. The van der Waals surface area contributed by atoms with E-state index < -0.39 is 16.1 Å². The number of nitrogens with one attached hydrogen (secondary N) is 1. The van der Waals surface area contributed by atoms with Crippen LogP contribution in [0.15, 0.2) is 24.3 Å². The van der Waals surface area contributed by atoms with E-state index in [0.29, 0.717) is 31.0 Å². The predicted octanol–water partition coefficient (Wildman–Crippen LogP) is 1.14.